The van der Waals surface area contributed by atoms with Crippen LogP contribution in [0.2, 0.25) is 0 Å². The summed E-state index contributed by atoms with van der Waals surface area (Å²) < 4.78 is 38.6. The van der Waals surface area contributed by atoms with E-state index in [9.17, 15) is 28.1 Å². The van der Waals surface area contributed by atoms with Crippen molar-refractivity contribution in [3.8, 4) is 0 Å². The first-order valence-corrected chi connectivity index (χ1v) is 9.42. The Hall–Kier alpha value is -2.36. The number of nitro groups is 1. The van der Waals surface area contributed by atoms with Gasteiger partial charge in [-0.05, 0) is 31.9 Å². The van der Waals surface area contributed by atoms with E-state index in [0.29, 0.717) is 32.2 Å². The molecule has 2 fully saturated rings. The lowest BCUT2D eigenvalue weighted by Gasteiger charge is -2.36. The Balaban J connectivity index is 1.69. The van der Waals surface area contributed by atoms with Gasteiger partial charge in [0.25, 0.3) is 11.6 Å². The van der Waals surface area contributed by atoms with Gasteiger partial charge in [-0.2, -0.15) is 13.2 Å². The van der Waals surface area contributed by atoms with Crippen molar-refractivity contribution in [1.82, 2.24) is 4.90 Å². The molecule has 2 heterocycles. The molecular formula is C18H24F3N4O3+. The molecule has 1 aromatic carbocycles. The number of amides is 1. The Labute approximate surface area is 160 Å². The number of nitrogens with one attached hydrogen (secondary N) is 1. The van der Waals surface area contributed by atoms with Gasteiger partial charge in [0, 0.05) is 19.2 Å². The number of nitro benzene ring substituents is 1. The van der Waals surface area contributed by atoms with Crippen molar-refractivity contribution in [3.05, 3.63) is 33.9 Å². The highest BCUT2D eigenvalue weighted by Crippen LogP contribution is 2.36. The van der Waals surface area contributed by atoms with Crippen LogP contribution < -0.4 is 9.80 Å². The zero-order chi connectivity index (χ0) is 20.5. The van der Waals surface area contributed by atoms with Crippen LogP contribution in [-0.2, 0) is 11.0 Å². The van der Waals surface area contributed by atoms with Gasteiger partial charge >= 0.3 is 6.18 Å². The summed E-state index contributed by atoms with van der Waals surface area (Å²) in [5, 5.41) is 11.3. The number of piperazine rings is 1. The number of quaternary nitrogens is 1. The molecule has 154 valence electrons. The molecule has 2 saturated heterocycles. The van der Waals surface area contributed by atoms with Crippen LogP contribution in [0.1, 0.15) is 25.3 Å². The van der Waals surface area contributed by atoms with Crippen LogP contribution in [0.15, 0.2) is 18.2 Å². The van der Waals surface area contributed by atoms with Gasteiger partial charge < -0.3 is 14.7 Å². The predicted molar refractivity (Wildman–Crippen MR) is 96.3 cm³/mol. The highest BCUT2D eigenvalue weighted by Gasteiger charge is 2.36. The Morgan fingerprint density at radius 2 is 1.79 bits per heavy atom. The average Bonchev–Trinajstić information content (AvgIpc) is 3.20. The van der Waals surface area contributed by atoms with Crippen LogP contribution in [0.25, 0.3) is 0 Å². The normalized spacial score (nSPS) is 19.7. The van der Waals surface area contributed by atoms with Gasteiger partial charge in [-0.25, -0.2) is 0 Å². The molecule has 1 atom stereocenters. The summed E-state index contributed by atoms with van der Waals surface area (Å²) in [6, 6.07) is 2.45. The molecule has 0 aromatic heterocycles. The lowest BCUT2D eigenvalue weighted by atomic mass is 10.1. The first kappa shape index (κ1) is 20.4. The summed E-state index contributed by atoms with van der Waals surface area (Å²) in [5.41, 5.74) is -1.38. The van der Waals surface area contributed by atoms with E-state index in [2.05, 4.69) is 0 Å². The van der Waals surface area contributed by atoms with Gasteiger partial charge in [0.1, 0.15) is 5.69 Å². The molecule has 3 rings (SSSR count). The van der Waals surface area contributed by atoms with E-state index in [1.807, 2.05) is 11.8 Å². The van der Waals surface area contributed by atoms with Gasteiger partial charge in [-0.15, -0.1) is 0 Å². The van der Waals surface area contributed by atoms with E-state index >= 15 is 0 Å². The second kappa shape index (κ2) is 7.94. The summed E-state index contributed by atoms with van der Waals surface area (Å²) in [6.07, 6.45) is -2.57. The van der Waals surface area contributed by atoms with E-state index < -0.39 is 22.4 Å². The second-order valence-electron chi connectivity index (χ2n) is 7.36. The third-order valence-corrected chi connectivity index (χ3v) is 5.65. The molecule has 0 radical (unpaired) electrons. The third-order valence-electron chi connectivity index (χ3n) is 5.65. The first-order chi connectivity index (χ1) is 13.2. The van der Waals surface area contributed by atoms with E-state index in [4.69, 9.17) is 0 Å². The Morgan fingerprint density at radius 3 is 2.32 bits per heavy atom. The molecule has 0 spiro atoms. The number of alkyl halides is 3. The summed E-state index contributed by atoms with van der Waals surface area (Å²) in [4.78, 5) is 27.8. The maximum Gasteiger partial charge on any atom is 0.416 e. The number of rotatable bonds is 4. The zero-order valence-electron chi connectivity index (χ0n) is 15.7. The topological polar surface area (TPSA) is 71.1 Å². The minimum absolute atomic E-state index is 0.126. The van der Waals surface area contributed by atoms with Crippen LogP contribution in [0, 0.1) is 10.1 Å². The largest absolute Gasteiger partial charge is 0.416 e. The number of anilines is 1. The molecule has 28 heavy (non-hydrogen) atoms. The molecule has 0 bridgehead atoms. The fourth-order valence-electron chi connectivity index (χ4n) is 3.97. The number of nitrogens with zero attached hydrogens (tertiary/aromatic N) is 3. The van der Waals surface area contributed by atoms with Gasteiger partial charge in [-0.1, -0.05) is 0 Å². The molecule has 1 amide bonds. The predicted octanol–water partition coefficient (Wildman–Crippen LogP) is 1.33. The van der Waals surface area contributed by atoms with Crippen molar-refractivity contribution in [2.75, 3.05) is 44.2 Å². The first-order valence-electron chi connectivity index (χ1n) is 9.42. The van der Waals surface area contributed by atoms with Crippen molar-refractivity contribution >= 4 is 17.3 Å². The molecule has 10 heteroatoms. The summed E-state index contributed by atoms with van der Waals surface area (Å²) in [7, 11) is 0. The summed E-state index contributed by atoms with van der Waals surface area (Å²) in [5.74, 6) is 0.126. The van der Waals surface area contributed by atoms with E-state index in [1.165, 1.54) is 6.07 Å². The van der Waals surface area contributed by atoms with Crippen molar-refractivity contribution in [3.63, 3.8) is 0 Å². The van der Waals surface area contributed by atoms with Crippen LogP contribution in [0.5, 0.6) is 0 Å². The van der Waals surface area contributed by atoms with E-state index in [-0.39, 0.29) is 17.6 Å². The van der Waals surface area contributed by atoms with Crippen molar-refractivity contribution in [1.29, 1.82) is 0 Å². The van der Waals surface area contributed by atoms with Crippen LogP contribution in [0.4, 0.5) is 24.5 Å². The zero-order valence-corrected chi connectivity index (χ0v) is 15.7. The SMILES string of the molecule is C[C@@H](C(=O)N1CCCC1)[NH+]1CCN(c2ccc(C(F)(F)F)cc2[N+](=O)[O-])CC1. The monoisotopic (exact) mass is 401 g/mol. The minimum atomic E-state index is -4.63. The number of halogens is 3. The van der Waals surface area contributed by atoms with Crippen LogP contribution >= 0.6 is 0 Å². The summed E-state index contributed by atoms with van der Waals surface area (Å²) in [6.45, 7) is 5.56. The van der Waals surface area contributed by atoms with Gasteiger partial charge in [0.2, 0.25) is 0 Å². The fraction of sp³-hybridized carbons (Fsp3) is 0.611. The lowest BCUT2D eigenvalue weighted by Crippen LogP contribution is -3.19. The highest BCUT2D eigenvalue weighted by atomic mass is 19.4. The van der Waals surface area contributed by atoms with Gasteiger partial charge in [-0.3, -0.25) is 14.9 Å². The molecule has 0 saturated carbocycles. The number of hydrogen-bond acceptors (Lipinski definition) is 4. The Kier molecular flexibility index (Phi) is 5.78. The molecule has 1 aromatic rings. The Bertz CT molecular complexity index is 742. The maximum absolute atomic E-state index is 12.9. The van der Waals surface area contributed by atoms with Gasteiger partial charge in [0.05, 0.1) is 36.7 Å². The Morgan fingerprint density at radius 1 is 1.18 bits per heavy atom. The average molecular weight is 401 g/mol. The van der Waals surface area contributed by atoms with Gasteiger partial charge in [0.15, 0.2) is 6.04 Å². The van der Waals surface area contributed by atoms with E-state index in [1.54, 1.807) is 4.90 Å². The molecule has 0 unspecified atom stereocenters. The number of hydrogen-bond donors (Lipinski definition) is 1. The number of benzene rings is 1. The molecule has 1 N–H and O–H groups in total. The van der Waals surface area contributed by atoms with Crippen molar-refractivity contribution in [2.24, 2.45) is 0 Å². The van der Waals surface area contributed by atoms with Crippen molar-refractivity contribution in [2.45, 2.75) is 32.0 Å². The number of carbonyl (C=O) groups is 1. The fourth-order valence-corrected chi connectivity index (χ4v) is 3.97. The molecule has 2 aliphatic rings. The van der Waals surface area contributed by atoms with Crippen LogP contribution in [0.3, 0.4) is 0 Å². The molecule has 7 nitrogen and oxygen atoms in total. The summed E-state index contributed by atoms with van der Waals surface area (Å²) >= 11 is 0. The number of likely N-dealkylation sites (tertiary alicyclic amines) is 1. The standard InChI is InChI=1S/C18H23F3N4O3/c1-13(17(26)24-6-2-3-7-24)22-8-10-23(11-9-22)15-5-4-14(18(19,20)21)12-16(15)25(27)28/h4-5,12-13H,2-3,6-11H2,1H3/p+1/t13-/m0/s1. The lowest BCUT2D eigenvalue weighted by molar-refractivity contribution is -0.915. The molecule has 2 aliphatic heterocycles. The van der Waals surface area contributed by atoms with Crippen LogP contribution in [-0.4, -0.2) is 61.0 Å². The number of carbonyl (C=O) groups excluding carboxylic acids is 1. The molecule has 0 aliphatic carbocycles. The highest BCUT2D eigenvalue weighted by molar-refractivity contribution is 5.80. The maximum atomic E-state index is 12.9. The van der Waals surface area contributed by atoms with E-state index in [0.717, 1.165) is 36.9 Å². The second-order valence-corrected chi connectivity index (χ2v) is 7.36. The van der Waals surface area contributed by atoms with Crippen molar-refractivity contribution < 1.29 is 27.8 Å². The third kappa shape index (κ3) is 4.21. The quantitative estimate of drug-likeness (QED) is 0.611. The smallest absolute Gasteiger partial charge is 0.355 e. The minimum Gasteiger partial charge on any atom is -0.355 e. The molecular weight excluding hydrogens is 377 g/mol.